The molecule has 19 heavy (non-hydrogen) atoms. The summed E-state index contributed by atoms with van der Waals surface area (Å²) < 4.78 is 24.6. The molecule has 6 heteroatoms. The SMILES string of the molecule is COc1cccc(Oc2cc(F)c(Cl)cc2Br)c1N. The molecule has 0 heterocycles. The Kier molecular flexibility index (Phi) is 4.17. The summed E-state index contributed by atoms with van der Waals surface area (Å²) in [4.78, 5) is 0. The van der Waals surface area contributed by atoms with E-state index in [4.69, 9.17) is 26.8 Å². The zero-order chi connectivity index (χ0) is 14.0. The highest BCUT2D eigenvalue weighted by atomic mass is 79.9. The van der Waals surface area contributed by atoms with Crippen LogP contribution in [0.3, 0.4) is 0 Å². The smallest absolute Gasteiger partial charge is 0.154 e. The molecule has 2 rings (SSSR count). The number of para-hydroxylation sites is 1. The molecule has 0 atom stereocenters. The van der Waals surface area contributed by atoms with Crippen molar-refractivity contribution in [3.63, 3.8) is 0 Å². The monoisotopic (exact) mass is 345 g/mol. The Bertz CT molecular complexity index is 622. The molecule has 0 spiro atoms. The predicted molar refractivity (Wildman–Crippen MR) is 76.6 cm³/mol. The molecular formula is C13H10BrClFNO2. The van der Waals surface area contributed by atoms with Crippen molar-refractivity contribution in [2.75, 3.05) is 12.8 Å². The van der Waals surface area contributed by atoms with Gasteiger partial charge < -0.3 is 15.2 Å². The highest BCUT2D eigenvalue weighted by molar-refractivity contribution is 9.10. The van der Waals surface area contributed by atoms with Crippen LogP contribution in [0.1, 0.15) is 0 Å². The average molecular weight is 347 g/mol. The summed E-state index contributed by atoms with van der Waals surface area (Å²) in [5.74, 6) is 0.577. The standard InChI is InChI=1S/C13H10BrClFNO2/c1-18-10-3-2-4-11(13(10)17)19-12-6-9(16)8(15)5-7(12)14/h2-6H,17H2,1H3. The van der Waals surface area contributed by atoms with Crippen LogP contribution in [0.5, 0.6) is 17.2 Å². The van der Waals surface area contributed by atoms with Gasteiger partial charge >= 0.3 is 0 Å². The molecule has 0 radical (unpaired) electrons. The topological polar surface area (TPSA) is 44.5 Å². The first-order chi connectivity index (χ1) is 9.02. The van der Waals surface area contributed by atoms with E-state index >= 15 is 0 Å². The lowest BCUT2D eigenvalue weighted by molar-refractivity contribution is 0.412. The first-order valence-corrected chi connectivity index (χ1v) is 6.45. The maximum absolute atomic E-state index is 13.4. The lowest BCUT2D eigenvalue weighted by Gasteiger charge is -2.12. The maximum atomic E-state index is 13.4. The number of rotatable bonds is 3. The van der Waals surface area contributed by atoms with Crippen LogP contribution in [-0.4, -0.2) is 7.11 Å². The quantitative estimate of drug-likeness (QED) is 0.651. The molecule has 100 valence electrons. The fraction of sp³-hybridized carbons (Fsp3) is 0.0769. The van der Waals surface area contributed by atoms with Crippen molar-refractivity contribution in [2.45, 2.75) is 0 Å². The molecule has 0 aliphatic carbocycles. The van der Waals surface area contributed by atoms with Gasteiger partial charge in [0.2, 0.25) is 0 Å². The van der Waals surface area contributed by atoms with Gasteiger partial charge in [-0.25, -0.2) is 4.39 Å². The van der Waals surface area contributed by atoms with E-state index in [2.05, 4.69) is 15.9 Å². The maximum Gasteiger partial charge on any atom is 0.154 e. The molecule has 0 amide bonds. The van der Waals surface area contributed by atoms with Crippen LogP contribution < -0.4 is 15.2 Å². The lowest BCUT2D eigenvalue weighted by Crippen LogP contribution is -1.96. The number of nitrogen functional groups attached to an aromatic ring is 1. The van der Waals surface area contributed by atoms with Gasteiger partial charge in [-0.1, -0.05) is 17.7 Å². The van der Waals surface area contributed by atoms with Crippen molar-refractivity contribution in [2.24, 2.45) is 0 Å². The van der Waals surface area contributed by atoms with Crippen LogP contribution in [0.15, 0.2) is 34.8 Å². The first kappa shape index (κ1) is 14.0. The van der Waals surface area contributed by atoms with E-state index in [1.165, 1.54) is 19.2 Å². The Labute approximate surface area is 123 Å². The number of ether oxygens (including phenoxy) is 2. The van der Waals surface area contributed by atoms with E-state index in [1.807, 2.05) is 0 Å². The van der Waals surface area contributed by atoms with E-state index in [0.29, 0.717) is 21.7 Å². The highest BCUT2D eigenvalue weighted by Crippen LogP contribution is 2.38. The van der Waals surface area contributed by atoms with E-state index in [1.54, 1.807) is 18.2 Å². The van der Waals surface area contributed by atoms with Gasteiger partial charge in [-0.15, -0.1) is 0 Å². The second kappa shape index (κ2) is 5.67. The Hall–Kier alpha value is -1.46. The normalized spacial score (nSPS) is 10.3. The van der Waals surface area contributed by atoms with Crippen LogP contribution in [0.4, 0.5) is 10.1 Å². The number of hydrogen-bond donors (Lipinski definition) is 1. The summed E-state index contributed by atoms with van der Waals surface area (Å²) in [6.07, 6.45) is 0. The Morgan fingerprint density at radius 3 is 2.58 bits per heavy atom. The fourth-order valence-electron chi connectivity index (χ4n) is 1.49. The van der Waals surface area contributed by atoms with E-state index in [-0.39, 0.29) is 10.8 Å². The van der Waals surface area contributed by atoms with Crippen molar-refractivity contribution >= 4 is 33.2 Å². The molecular weight excluding hydrogens is 337 g/mol. The average Bonchev–Trinajstić information content (AvgIpc) is 2.38. The third-order valence-corrected chi connectivity index (χ3v) is 3.35. The van der Waals surface area contributed by atoms with Crippen LogP contribution in [-0.2, 0) is 0 Å². The molecule has 2 N–H and O–H groups in total. The van der Waals surface area contributed by atoms with Crippen LogP contribution in [0.2, 0.25) is 5.02 Å². The third-order valence-electron chi connectivity index (χ3n) is 2.44. The van der Waals surface area contributed by atoms with Crippen molar-refractivity contribution in [1.29, 1.82) is 0 Å². The molecule has 0 fully saturated rings. The minimum Gasteiger partial charge on any atom is -0.494 e. The number of hydrogen-bond acceptors (Lipinski definition) is 3. The Morgan fingerprint density at radius 2 is 1.89 bits per heavy atom. The summed E-state index contributed by atoms with van der Waals surface area (Å²) >= 11 is 8.91. The van der Waals surface area contributed by atoms with Crippen molar-refractivity contribution < 1.29 is 13.9 Å². The van der Waals surface area contributed by atoms with E-state index in [9.17, 15) is 4.39 Å². The first-order valence-electron chi connectivity index (χ1n) is 5.27. The largest absolute Gasteiger partial charge is 0.494 e. The van der Waals surface area contributed by atoms with Crippen LogP contribution in [0, 0.1) is 5.82 Å². The number of nitrogens with two attached hydrogens (primary N) is 1. The zero-order valence-corrected chi connectivity index (χ0v) is 12.3. The summed E-state index contributed by atoms with van der Waals surface area (Å²) in [5, 5.41) is 0.0119. The molecule has 0 saturated heterocycles. The highest BCUT2D eigenvalue weighted by Gasteiger charge is 2.12. The van der Waals surface area contributed by atoms with E-state index < -0.39 is 5.82 Å². The van der Waals surface area contributed by atoms with Crippen LogP contribution >= 0.6 is 27.5 Å². The Balaban J connectivity index is 2.39. The third kappa shape index (κ3) is 2.93. The van der Waals surface area contributed by atoms with Gasteiger partial charge in [0, 0.05) is 6.07 Å². The van der Waals surface area contributed by atoms with Gasteiger partial charge in [0.25, 0.3) is 0 Å². The summed E-state index contributed by atoms with van der Waals surface area (Å²) in [6.45, 7) is 0. The van der Waals surface area contributed by atoms with Gasteiger partial charge in [0.05, 0.1) is 16.6 Å². The molecule has 0 aliphatic rings. The summed E-state index contributed by atoms with van der Waals surface area (Å²) in [5.41, 5.74) is 6.21. The summed E-state index contributed by atoms with van der Waals surface area (Å²) in [6, 6.07) is 7.70. The molecule has 0 bridgehead atoms. The number of halogens is 3. The minimum atomic E-state index is -0.568. The van der Waals surface area contributed by atoms with Gasteiger partial charge in [-0.05, 0) is 34.1 Å². The molecule has 0 unspecified atom stereocenters. The zero-order valence-electron chi connectivity index (χ0n) is 9.91. The van der Waals surface area contributed by atoms with Gasteiger partial charge in [0.1, 0.15) is 23.0 Å². The molecule has 0 aliphatic heterocycles. The second-order valence-corrected chi connectivity index (χ2v) is 4.93. The van der Waals surface area contributed by atoms with Gasteiger partial charge in [0.15, 0.2) is 5.75 Å². The van der Waals surface area contributed by atoms with Crippen molar-refractivity contribution in [3.8, 4) is 17.2 Å². The molecule has 2 aromatic rings. The van der Waals surface area contributed by atoms with Crippen LogP contribution in [0.25, 0.3) is 0 Å². The molecule has 3 nitrogen and oxygen atoms in total. The number of benzene rings is 2. The molecule has 0 aromatic heterocycles. The predicted octanol–water partition coefficient (Wildman–Crippen LogP) is 4.62. The van der Waals surface area contributed by atoms with Crippen molar-refractivity contribution in [1.82, 2.24) is 0 Å². The van der Waals surface area contributed by atoms with Gasteiger partial charge in [-0.2, -0.15) is 0 Å². The Morgan fingerprint density at radius 1 is 1.21 bits per heavy atom. The second-order valence-electron chi connectivity index (χ2n) is 3.67. The number of methoxy groups -OCH3 is 1. The number of anilines is 1. The molecule has 0 saturated carbocycles. The van der Waals surface area contributed by atoms with Crippen molar-refractivity contribution in [3.05, 3.63) is 45.6 Å². The van der Waals surface area contributed by atoms with E-state index in [0.717, 1.165) is 0 Å². The summed E-state index contributed by atoms with van der Waals surface area (Å²) in [7, 11) is 1.51. The fourth-order valence-corrected chi connectivity index (χ4v) is 2.21. The lowest BCUT2D eigenvalue weighted by atomic mass is 10.2. The van der Waals surface area contributed by atoms with Gasteiger partial charge in [-0.3, -0.25) is 0 Å². The molecule has 2 aromatic carbocycles. The minimum absolute atomic E-state index is 0.0119.